The molecule has 0 aromatic heterocycles. The smallest absolute Gasteiger partial charge is 0.248 e. The molecule has 1 saturated carbocycles. The third-order valence-electron chi connectivity index (χ3n) is 6.67. The van der Waals surface area contributed by atoms with Gasteiger partial charge < -0.3 is 19.9 Å². The Kier molecular flexibility index (Phi) is 7.69. The van der Waals surface area contributed by atoms with Crippen LogP contribution < -0.4 is 15.4 Å². The summed E-state index contributed by atoms with van der Waals surface area (Å²) in [5.74, 6) is 0.0838. The number of para-hydroxylation sites is 1. The van der Waals surface area contributed by atoms with E-state index in [1.165, 1.54) is 5.69 Å². The van der Waals surface area contributed by atoms with Gasteiger partial charge >= 0.3 is 0 Å². The SMILES string of the molecule is Cc1cc(N(O)O)ccc1NC1CCC(OCC(=O)N2CCN(c3ccccc3)CC2)CC1. The predicted octanol–water partition coefficient (Wildman–Crippen LogP) is 3.67. The molecule has 1 aliphatic carbocycles. The lowest BCUT2D eigenvalue weighted by Gasteiger charge is -2.36. The second kappa shape index (κ2) is 10.9. The Labute approximate surface area is 195 Å². The lowest BCUT2D eigenvalue weighted by molar-refractivity contribution is -0.139. The molecule has 0 atom stereocenters. The summed E-state index contributed by atoms with van der Waals surface area (Å²) in [6, 6.07) is 15.9. The number of amides is 1. The quantitative estimate of drug-likeness (QED) is 0.550. The molecule has 2 aromatic rings. The molecule has 0 radical (unpaired) electrons. The van der Waals surface area contributed by atoms with Crippen LogP contribution in [0.1, 0.15) is 31.2 Å². The molecular formula is C25H34N4O4. The number of hydrogen-bond donors (Lipinski definition) is 3. The molecule has 0 unspecified atom stereocenters. The highest BCUT2D eigenvalue weighted by molar-refractivity contribution is 5.77. The first kappa shape index (κ1) is 23.4. The molecule has 33 heavy (non-hydrogen) atoms. The van der Waals surface area contributed by atoms with Gasteiger partial charge in [0.15, 0.2) is 0 Å². The molecule has 8 heteroatoms. The second-order valence-electron chi connectivity index (χ2n) is 8.92. The molecule has 0 spiro atoms. The number of hydrogen-bond acceptors (Lipinski definition) is 7. The third-order valence-corrected chi connectivity index (χ3v) is 6.67. The molecule has 0 bridgehead atoms. The zero-order chi connectivity index (χ0) is 23.2. The van der Waals surface area contributed by atoms with Crippen LogP contribution in [0.5, 0.6) is 0 Å². The van der Waals surface area contributed by atoms with E-state index in [1.807, 2.05) is 36.1 Å². The average molecular weight is 455 g/mol. The first-order chi connectivity index (χ1) is 16.0. The summed E-state index contributed by atoms with van der Waals surface area (Å²) in [5, 5.41) is 22.0. The van der Waals surface area contributed by atoms with Crippen molar-refractivity contribution in [3.63, 3.8) is 0 Å². The van der Waals surface area contributed by atoms with Crippen molar-refractivity contribution in [1.82, 2.24) is 4.90 Å². The van der Waals surface area contributed by atoms with Crippen molar-refractivity contribution >= 4 is 23.0 Å². The van der Waals surface area contributed by atoms with Gasteiger partial charge in [-0.1, -0.05) is 18.2 Å². The minimum Gasteiger partial charge on any atom is -0.382 e. The summed E-state index contributed by atoms with van der Waals surface area (Å²) in [6.07, 6.45) is 3.91. The first-order valence-corrected chi connectivity index (χ1v) is 11.7. The number of nitrogens with zero attached hydrogens (tertiary/aromatic N) is 3. The summed E-state index contributed by atoms with van der Waals surface area (Å²) in [4.78, 5) is 16.9. The molecule has 1 aliphatic heterocycles. The lowest BCUT2D eigenvalue weighted by Crippen LogP contribution is -2.50. The highest BCUT2D eigenvalue weighted by atomic mass is 16.8. The van der Waals surface area contributed by atoms with Gasteiger partial charge in [-0.05, 0) is 68.5 Å². The molecule has 4 rings (SSSR count). The van der Waals surface area contributed by atoms with Crippen molar-refractivity contribution in [2.45, 2.75) is 44.8 Å². The van der Waals surface area contributed by atoms with E-state index in [9.17, 15) is 4.79 Å². The Morgan fingerprint density at radius 1 is 1.03 bits per heavy atom. The molecule has 2 aromatic carbocycles. The molecule has 3 N–H and O–H groups in total. The number of nitrogens with one attached hydrogen (secondary N) is 1. The maximum absolute atomic E-state index is 12.6. The Hall–Kier alpha value is -2.81. The van der Waals surface area contributed by atoms with Gasteiger partial charge in [0, 0.05) is 43.6 Å². The van der Waals surface area contributed by atoms with E-state index < -0.39 is 0 Å². The van der Waals surface area contributed by atoms with Crippen LogP contribution in [0.15, 0.2) is 48.5 Å². The number of rotatable bonds is 7. The Balaban J connectivity index is 1.16. The van der Waals surface area contributed by atoms with E-state index in [2.05, 4.69) is 22.3 Å². The van der Waals surface area contributed by atoms with Crippen LogP contribution in [0.4, 0.5) is 17.1 Å². The van der Waals surface area contributed by atoms with Gasteiger partial charge in [-0.15, -0.1) is 5.23 Å². The number of aryl methyl sites for hydroxylation is 1. The van der Waals surface area contributed by atoms with Crippen molar-refractivity contribution < 1.29 is 19.9 Å². The Bertz CT molecular complexity index is 908. The van der Waals surface area contributed by atoms with Crippen molar-refractivity contribution in [3.05, 3.63) is 54.1 Å². The average Bonchev–Trinajstić information content (AvgIpc) is 2.85. The molecule has 2 fully saturated rings. The van der Waals surface area contributed by atoms with Crippen molar-refractivity contribution in [3.8, 4) is 0 Å². The molecule has 1 saturated heterocycles. The largest absolute Gasteiger partial charge is 0.382 e. The molecule has 1 heterocycles. The van der Waals surface area contributed by atoms with Crippen LogP contribution in [-0.4, -0.2) is 66.2 Å². The van der Waals surface area contributed by atoms with E-state index in [-0.39, 0.29) is 23.8 Å². The monoisotopic (exact) mass is 454 g/mol. The lowest BCUT2D eigenvalue weighted by atomic mass is 9.92. The standard InChI is InChI=1S/C25H34N4O4/c1-19-17-22(29(31)32)9-12-24(19)26-20-7-10-23(11-8-20)33-18-25(30)28-15-13-27(14-16-28)21-5-3-2-4-6-21/h2-6,9,12,17,20,23,26,31-32H,7-8,10-11,13-16,18H2,1H3. The minimum absolute atomic E-state index is 0.0838. The van der Waals surface area contributed by atoms with Gasteiger partial charge in [-0.3, -0.25) is 15.2 Å². The molecule has 2 aliphatic rings. The van der Waals surface area contributed by atoms with E-state index in [0.29, 0.717) is 11.7 Å². The van der Waals surface area contributed by atoms with Gasteiger partial charge in [0.1, 0.15) is 6.61 Å². The summed E-state index contributed by atoms with van der Waals surface area (Å²) >= 11 is 0. The first-order valence-electron chi connectivity index (χ1n) is 11.7. The van der Waals surface area contributed by atoms with Crippen LogP contribution in [0, 0.1) is 6.92 Å². The fourth-order valence-electron chi connectivity index (χ4n) is 4.66. The fraction of sp³-hybridized carbons (Fsp3) is 0.480. The summed E-state index contributed by atoms with van der Waals surface area (Å²) in [5.41, 5.74) is 3.49. The number of benzene rings is 2. The van der Waals surface area contributed by atoms with E-state index in [4.69, 9.17) is 15.2 Å². The van der Waals surface area contributed by atoms with Gasteiger partial charge in [-0.25, -0.2) is 0 Å². The highest BCUT2D eigenvalue weighted by Crippen LogP contribution is 2.27. The van der Waals surface area contributed by atoms with Crippen LogP contribution in [-0.2, 0) is 9.53 Å². The van der Waals surface area contributed by atoms with Gasteiger partial charge in [0.25, 0.3) is 0 Å². The maximum Gasteiger partial charge on any atom is 0.248 e. The highest BCUT2D eigenvalue weighted by Gasteiger charge is 2.25. The number of piperazine rings is 1. The van der Waals surface area contributed by atoms with E-state index >= 15 is 0 Å². The fourth-order valence-corrected chi connectivity index (χ4v) is 4.66. The number of anilines is 3. The van der Waals surface area contributed by atoms with Crippen molar-refractivity contribution in [2.24, 2.45) is 0 Å². The summed E-state index contributed by atoms with van der Waals surface area (Å²) in [6.45, 7) is 5.26. The minimum atomic E-state index is 0.0838. The van der Waals surface area contributed by atoms with Crippen LogP contribution >= 0.6 is 0 Å². The van der Waals surface area contributed by atoms with Crippen LogP contribution in [0.25, 0.3) is 0 Å². The topological polar surface area (TPSA) is 88.5 Å². The predicted molar refractivity (Wildman–Crippen MR) is 128 cm³/mol. The summed E-state index contributed by atoms with van der Waals surface area (Å²) < 4.78 is 5.98. The second-order valence-corrected chi connectivity index (χ2v) is 8.92. The zero-order valence-corrected chi connectivity index (χ0v) is 19.2. The zero-order valence-electron chi connectivity index (χ0n) is 19.2. The summed E-state index contributed by atoms with van der Waals surface area (Å²) in [7, 11) is 0. The Morgan fingerprint density at radius 3 is 2.36 bits per heavy atom. The van der Waals surface area contributed by atoms with Crippen LogP contribution in [0.2, 0.25) is 0 Å². The Morgan fingerprint density at radius 2 is 1.73 bits per heavy atom. The number of ether oxygens (including phenoxy) is 1. The molecule has 1 amide bonds. The van der Waals surface area contributed by atoms with Crippen molar-refractivity contribution in [1.29, 1.82) is 0 Å². The van der Waals surface area contributed by atoms with Crippen molar-refractivity contribution in [2.75, 3.05) is 48.2 Å². The van der Waals surface area contributed by atoms with Crippen LogP contribution in [0.3, 0.4) is 0 Å². The normalized spacial score (nSPS) is 21.1. The van der Waals surface area contributed by atoms with E-state index in [0.717, 1.165) is 63.1 Å². The van der Waals surface area contributed by atoms with Gasteiger partial charge in [0.05, 0.1) is 11.8 Å². The number of carbonyl (C=O) groups is 1. The number of carbonyl (C=O) groups excluding carboxylic acids is 1. The van der Waals surface area contributed by atoms with Gasteiger partial charge in [-0.2, -0.15) is 0 Å². The van der Waals surface area contributed by atoms with Gasteiger partial charge in [0.2, 0.25) is 5.91 Å². The third kappa shape index (κ3) is 6.16. The molecular weight excluding hydrogens is 420 g/mol. The maximum atomic E-state index is 12.6. The molecule has 8 nitrogen and oxygen atoms in total. The van der Waals surface area contributed by atoms with E-state index in [1.54, 1.807) is 12.1 Å². The molecule has 178 valence electrons.